The maximum atomic E-state index is 12.9. The van der Waals surface area contributed by atoms with Gasteiger partial charge in [-0.25, -0.2) is 17.5 Å². The van der Waals surface area contributed by atoms with Crippen LogP contribution >= 0.6 is 0 Å². The molecule has 0 saturated carbocycles. The van der Waals surface area contributed by atoms with Crippen molar-refractivity contribution in [1.29, 1.82) is 0 Å². The van der Waals surface area contributed by atoms with Gasteiger partial charge in [0.25, 0.3) is 0 Å². The highest BCUT2D eigenvalue weighted by molar-refractivity contribution is 7.89. The van der Waals surface area contributed by atoms with Gasteiger partial charge in [0, 0.05) is 18.2 Å². The van der Waals surface area contributed by atoms with Crippen molar-refractivity contribution in [1.82, 2.24) is 24.5 Å². The molecule has 0 aliphatic carbocycles. The number of nitrogens with zero attached hydrogens (tertiary/aromatic N) is 4. The van der Waals surface area contributed by atoms with Gasteiger partial charge in [-0.2, -0.15) is 4.52 Å². The predicted octanol–water partition coefficient (Wildman–Crippen LogP) is 2.29. The van der Waals surface area contributed by atoms with E-state index in [-0.39, 0.29) is 18.0 Å². The molecule has 0 unspecified atom stereocenters. The second-order valence-corrected chi connectivity index (χ2v) is 7.80. The Kier molecular flexibility index (Phi) is 5.19. The van der Waals surface area contributed by atoms with Crippen LogP contribution < -0.4 is 9.46 Å². The molecule has 4 rings (SSSR count). The van der Waals surface area contributed by atoms with Crippen molar-refractivity contribution in [2.75, 3.05) is 13.2 Å². The van der Waals surface area contributed by atoms with Crippen LogP contribution in [0.1, 0.15) is 0 Å². The number of sulfonamides is 1. The Morgan fingerprint density at radius 1 is 0.966 bits per heavy atom. The minimum atomic E-state index is -3.74. The van der Waals surface area contributed by atoms with Crippen LogP contribution in [0, 0.1) is 5.82 Å². The highest BCUT2D eigenvalue weighted by Gasteiger charge is 2.14. The van der Waals surface area contributed by atoms with Crippen molar-refractivity contribution in [2.45, 2.75) is 4.90 Å². The molecule has 2 aromatic heterocycles. The van der Waals surface area contributed by atoms with Crippen LogP contribution in [-0.4, -0.2) is 41.4 Å². The number of hydrogen-bond donors (Lipinski definition) is 1. The number of halogens is 1. The molecule has 0 aliphatic heterocycles. The van der Waals surface area contributed by atoms with Gasteiger partial charge in [-0.3, -0.25) is 0 Å². The van der Waals surface area contributed by atoms with Gasteiger partial charge < -0.3 is 4.74 Å². The first-order valence-corrected chi connectivity index (χ1v) is 10.2. The molecule has 8 nitrogen and oxygen atoms in total. The first kappa shape index (κ1) is 19.0. The standard InChI is InChI=1S/C19H16FN5O3S/c20-15-6-8-16(9-7-15)29(26,27)21-12-13-28-18-11-10-17-22-23-19(25(17)24-18)14-4-2-1-3-5-14/h1-11,21H,12-13H2. The number of fused-ring (bicyclic) bond motifs is 1. The molecule has 2 aromatic carbocycles. The van der Waals surface area contributed by atoms with E-state index in [1.807, 2.05) is 30.3 Å². The molecule has 0 amide bonds. The Labute approximate surface area is 166 Å². The van der Waals surface area contributed by atoms with Crippen LogP contribution in [-0.2, 0) is 10.0 Å². The van der Waals surface area contributed by atoms with Crippen LogP contribution in [0.15, 0.2) is 71.6 Å². The van der Waals surface area contributed by atoms with Crippen LogP contribution in [0.25, 0.3) is 17.0 Å². The molecular formula is C19H16FN5O3S. The third kappa shape index (κ3) is 4.23. The first-order chi connectivity index (χ1) is 14.0. The summed E-state index contributed by atoms with van der Waals surface area (Å²) in [7, 11) is -3.74. The Bertz CT molecular complexity index is 1230. The molecule has 0 aliphatic rings. The van der Waals surface area contributed by atoms with E-state index < -0.39 is 15.8 Å². The van der Waals surface area contributed by atoms with Gasteiger partial charge in [0.05, 0.1) is 4.90 Å². The lowest BCUT2D eigenvalue weighted by Gasteiger charge is -2.08. The van der Waals surface area contributed by atoms with E-state index in [4.69, 9.17) is 4.74 Å². The molecule has 0 bridgehead atoms. The van der Waals surface area contributed by atoms with Gasteiger partial charge in [-0.05, 0) is 30.3 Å². The van der Waals surface area contributed by atoms with Crippen molar-refractivity contribution >= 4 is 15.7 Å². The molecule has 2 heterocycles. The summed E-state index contributed by atoms with van der Waals surface area (Å²) in [5, 5.41) is 12.6. The van der Waals surface area contributed by atoms with Crippen LogP contribution in [0.3, 0.4) is 0 Å². The molecule has 0 fully saturated rings. The van der Waals surface area contributed by atoms with Crippen LogP contribution in [0.4, 0.5) is 4.39 Å². The normalized spacial score (nSPS) is 11.6. The number of hydrogen-bond acceptors (Lipinski definition) is 6. The summed E-state index contributed by atoms with van der Waals surface area (Å²) in [5.41, 5.74) is 1.42. The van der Waals surface area contributed by atoms with Gasteiger partial charge in [-0.1, -0.05) is 30.3 Å². The lowest BCUT2D eigenvalue weighted by Crippen LogP contribution is -2.28. The van der Waals surface area contributed by atoms with Crippen molar-refractivity contribution < 1.29 is 17.5 Å². The quantitative estimate of drug-likeness (QED) is 0.467. The fourth-order valence-electron chi connectivity index (χ4n) is 2.64. The lowest BCUT2D eigenvalue weighted by atomic mass is 10.2. The van der Waals surface area contributed by atoms with Crippen molar-refractivity contribution in [2.24, 2.45) is 0 Å². The third-order valence-corrected chi connectivity index (χ3v) is 5.52. The average molecular weight is 413 g/mol. The van der Waals surface area contributed by atoms with Gasteiger partial charge >= 0.3 is 0 Å². The van der Waals surface area contributed by atoms with E-state index in [0.717, 1.165) is 17.7 Å². The zero-order valence-corrected chi connectivity index (χ0v) is 15.9. The van der Waals surface area contributed by atoms with Crippen LogP contribution in [0.2, 0.25) is 0 Å². The van der Waals surface area contributed by atoms with E-state index in [0.29, 0.717) is 17.4 Å². The average Bonchev–Trinajstić information content (AvgIpc) is 3.15. The van der Waals surface area contributed by atoms with Gasteiger partial charge in [-0.15, -0.1) is 15.3 Å². The van der Waals surface area contributed by atoms with Gasteiger partial charge in [0.2, 0.25) is 15.9 Å². The highest BCUT2D eigenvalue weighted by atomic mass is 32.2. The summed E-state index contributed by atoms with van der Waals surface area (Å²) in [6.07, 6.45) is 0. The third-order valence-electron chi connectivity index (χ3n) is 4.04. The minimum Gasteiger partial charge on any atom is -0.475 e. The number of ether oxygens (including phenoxy) is 1. The van der Waals surface area contributed by atoms with Gasteiger partial charge in [0.1, 0.15) is 12.4 Å². The van der Waals surface area contributed by atoms with E-state index in [2.05, 4.69) is 20.0 Å². The summed E-state index contributed by atoms with van der Waals surface area (Å²) >= 11 is 0. The first-order valence-electron chi connectivity index (χ1n) is 8.69. The molecule has 0 atom stereocenters. The number of aromatic nitrogens is 4. The lowest BCUT2D eigenvalue weighted by molar-refractivity contribution is 0.306. The number of rotatable bonds is 7. The number of benzene rings is 2. The van der Waals surface area contributed by atoms with Crippen molar-refractivity contribution in [3.63, 3.8) is 0 Å². The topological polar surface area (TPSA) is 98.5 Å². The largest absolute Gasteiger partial charge is 0.475 e. The molecule has 148 valence electrons. The van der Waals surface area contributed by atoms with E-state index >= 15 is 0 Å². The highest BCUT2D eigenvalue weighted by Crippen LogP contribution is 2.18. The molecule has 0 radical (unpaired) electrons. The molecule has 0 spiro atoms. The molecule has 0 saturated heterocycles. The summed E-state index contributed by atoms with van der Waals surface area (Å²) < 4.78 is 46.8. The fraction of sp³-hybridized carbons (Fsp3) is 0.105. The Balaban J connectivity index is 1.42. The SMILES string of the molecule is O=S(=O)(NCCOc1ccc2nnc(-c3ccccc3)n2n1)c1ccc(F)cc1. The van der Waals surface area contributed by atoms with Crippen molar-refractivity contribution in [3.8, 4) is 17.3 Å². The molecule has 10 heteroatoms. The summed E-state index contributed by atoms with van der Waals surface area (Å²) in [4.78, 5) is -0.0181. The summed E-state index contributed by atoms with van der Waals surface area (Å²) in [5.74, 6) is 0.371. The Hall–Kier alpha value is -3.37. The fourth-order valence-corrected chi connectivity index (χ4v) is 3.66. The second kappa shape index (κ2) is 7.94. The van der Waals surface area contributed by atoms with E-state index in [1.165, 1.54) is 12.1 Å². The zero-order chi connectivity index (χ0) is 20.3. The molecular weight excluding hydrogens is 397 g/mol. The van der Waals surface area contributed by atoms with Gasteiger partial charge in [0.15, 0.2) is 11.5 Å². The summed E-state index contributed by atoms with van der Waals surface area (Å²) in [6.45, 7) is 0.0782. The number of nitrogens with one attached hydrogen (secondary N) is 1. The van der Waals surface area contributed by atoms with Crippen LogP contribution in [0.5, 0.6) is 5.88 Å². The Morgan fingerprint density at radius 3 is 2.48 bits per heavy atom. The summed E-state index contributed by atoms with van der Waals surface area (Å²) in [6, 6.07) is 17.4. The molecule has 4 aromatic rings. The maximum Gasteiger partial charge on any atom is 0.240 e. The predicted molar refractivity (Wildman–Crippen MR) is 103 cm³/mol. The Morgan fingerprint density at radius 2 is 1.72 bits per heavy atom. The smallest absolute Gasteiger partial charge is 0.240 e. The second-order valence-electron chi connectivity index (χ2n) is 6.03. The van der Waals surface area contributed by atoms with E-state index in [1.54, 1.807) is 16.6 Å². The van der Waals surface area contributed by atoms with E-state index in [9.17, 15) is 12.8 Å². The molecule has 1 N–H and O–H groups in total. The minimum absolute atomic E-state index is 0.0181. The zero-order valence-electron chi connectivity index (χ0n) is 15.1. The van der Waals surface area contributed by atoms with Crippen molar-refractivity contribution in [3.05, 3.63) is 72.5 Å². The molecule has 29 heavy (non-hydrogen) atoms. The maximum absolute atomic E-state index is 12.9. The monoisotopic (exact) mass is 413 g/mol.